The van der Waals surface area contributed by atoms with Gasteiger partial charge in [-0.05, 0) is 95.1 Å². The van der Waals surface area contributed by atoms with E-state index in [0.29, 0.717) is 0 Å². The molecule has 0 atom stereocenters. The fourth-order valence-electron chi connectivity index (χ4n) is 9.99. The maximum absolute atomic E-state index is 7.66. The van der Waals surface area contributed by atoms with E-state index in [1.807, 2.05) is 24.3 Å². The van der Waals surface area contributed by atoms with Crippen LogP contribution >= 0.6 is 0 Å². The van der Waals surface area contributed by atoms with Gasteiger partial charge in [-0.15, -0.1) is 0 Å². The minimum absolute atomic E-state index is 0.782. The fourth-order valence-corrected chi connectivity index (χ4v) is 9.99. The molecule has 13 aromatic rings. The van der Waals surface area contributed by atoms with E-state index in [1.54, 1.807) is 0 Å². The van der Waals surface area contributed by atoms with Crippen molar-refractivity contribution >= 4 is 121 Å². The second-order valence-electron chi connectivity index (χ2n) is 16.5. The molecule has 0 radical (unpaired) electrons. The number of hydrogen-bond acceptors (Lipinski definition) is 5. The summed E-state index contributed by atoms with van der Waals surface area (Å²) < 4.78 is 21.2. The second kappa shape index (κ2) is 13.6. The normalized spacial score (nSPS) is 12.0. The smallest absolute Gasteiger partial charge is 0.160 e. The van der Waals surface area contributed by atoms with Crippen LogP contribution in [0.4, 0.5) is 34.1 Å². The molecular formula is C58H38N2O3. The van der Waals surface area contributed by atoms with Gasteiger partial charge in [0.1, 0.15) is 11.2 Å². The van der Waals surface area contributed by atoms with Crippen molar-refractivity contribution < 1.29 is 13.3 Å². The van der Waals surface area contributed by atoms with Gasteiger partial charge in [0, 0.05) is 43.7 Å². The van der Waals surface area contributed by atoms with E-state index in [9.17, 15) is 0 Å². The third-order valence-electron chi connectivity index (χ3n) is 12.9. The molecule has 0 saturated carbocycles. The minimum atomic E-state index is 0.782. The molecular weight excluding hydrogens is 773 g/mol. The van der Waals surface area contributed by atoms with Crippen LogP contribution in [-0.4, -0.2) is 0 Å². The van der Waals surface area contributed by atoms with E-state index < -0.39 is 0 Å². The predicted octanol–water partition coefficient (Wildman–Crippen LogP) is 17.2. The Bertz CT molecular complexity index is 3720. The summed E-state index contributed by atoms with van der Waals surface area (Å²) in [5.74, 6) is 0. The number of anilines is 6. The standard InChI is InChI=1S/C58H38N2O3/c1-35-17-3-11-27-45(35)59(47-29-15-25-43-41-23-9-13-31-51(41)61-55(43)47)49-33-37-19-5-7-21-39(37)53-54-40-22-8-6-20-38(40)34-50(58(54)63-57(49)53)60(46-28-12-4-18-36(46)2)48-30-16-26-44-42-24-10-14-32-52(42)62-56(44)48/h3-34H,1-2H3. The Morgan fingerprint density at radius 2 is 0.651 bits per heavy atom. The average Bonchev–Trinajstić information content (AvgIpc) is 4.04. The van der Waals surface area contributed by atoms with Gasteiger partial charge in [-0.2, -0.15) is 0 Å². The van der Waals surface area contributed by atoms with E-state index in [1.165, 1.54) is 0 Å². The van der Waals surface area contributed by atoms with Crippen molar-refractivity contribution in [3.05, 3.63) is 205 Å². The van der Waals surface area contributed by atoms with Gasteiger partial charge in [0.15, 0.2) is 22.3 Å². The molecule has 0 N–H and O–H groups in total. The zero-order chi connectivity index (χ0) is 41.8. The first-order valence-electron chi connectivity index (χ1n) is 21.4. The lowest BCUT2D eigenvalue weighted by molar-refractivity contribution is 0.665. The number of furan rings is 3. The molecule has 3 heterocycles. The van der Waals surface area contributed by atoms with Crippen LogP contribution in [-0.2, 0) is 0 Å². The molecule has 0 aliphatic rings. The van der Waals surface area contributed by atoms with Gasteiger partial charge >= 0.3 is 0 Å². The average molecular weight is 811 g/mol. The monoisotopic (exact) mass is 810 g/mol. The summed E-state index contributed by atoms with van der Waals surface area (Å²) in [7, 11) is 0. The molecule has 0 amide bonds. The van der Waals surface area contributed by atoms with Crippen LogP contribution in [0.2, 0.25) is 0 Å². The van der Waals surface area contributed by atoms with Crippen LogP contribution in [0.15, 0.2) is 207 Å². The van der Waals surface area contributed by atoms with E-state index in [4.69, 9.17) is 13.3 Å². The Kier molecular flexibility index (Phi) is 7.67. The highest BCUT2D eigenvalue weighted by Gasteiger charge is 2.30. The van der Waals surface area contributed by atoms with Crippen LogP contribution < -0.4 is 9.80 Å². The summed E-state index contributed by atoms with van der Waals surface area (Å²) in [4.78, 5) is 4.68. The van der Waals surface area contributed by atoms with Gasteiger partial charge in [0.2, 0.25) is 0 Å². The number of rotatable bonds is 6. The van der Waals surface area contributed by atoms with Crippen LogP contribution in [0.25, 0.3) is 87.4 Å². The Morgan fingerprint density at radius 3 is 1.11 bits per heavy atom. The SMILES string of the molecule is Cc1ccccc1N(c1cccc2c1oc1ccccc12)c1cc2ccccc2c2c1oc1c(N(c3ccccc3C)c3cccc4c3oc3ccccc34)cc3ccccc3c12. The van der Waals surface area contributed by atoms with Crippen molar-refractivity contribution in [3.8, 4) is 0 Å². The van der Waals surface area contributed by atoms with Crippen molar-refractivity contribution in [2.75, 3.05) is 9.80 Å². The zero-order valence-corrected chi connectivity index (χ0v) is 34.6. The number of nitrogens with zero attached hydrogens (tertiary/aromatic N) is 2. The highest BCUT2D eigenvalue weighted by Crippen LogP contribution is 2.53. The number of para-hydroxylation sites is 6. The molecule has 0 aliphatic heterocycles. The molecule has 0 unspecified atom stereocenters. The third kappa shape index (κ3) is 5.23. The first kappa shape index (κ1) is 35.5. The summed E-state index contributed by atoms with van der Waals surface area (Å²) in [6.45, 7) is 4.34. The van der Waals surface area contributed by atoms with E-state index in [2.05, 4.69) is 194 Å². The molecule has 0 saturated heterocycles. The van der Waals surface area contributed by atoms with Crippen LogP contribution in [0, 0.1) is 13.8 Å². The second-order valence-corrected chi connectivity index (χ2v) is 16.5. The lowest BCUT2D eigenvalue weighted by atomic mass is 9.97. The number of benzene rings is 10. The van der Waals surface area contributed by atoms with Crippen LogP contribution in [0.5, 0.6) is 0 Å². The molecule has 3 aromatic heterocycles. The van der Waals surface area contributed by atoms with Crippen molar-refractivity contribution in [3.63, 3.8) is 0 Å². The summed E-state index contributed by atoms with van der Waals surface area (Å²) in [5.41, 5.74) is 12.9. The Morgan fingerprint density at radius 1 is 0.286 bits per heavy atom. The molecule has 5 heteroatoms. The molecule has 0 spiro atoms. The van der Waals surface area contributed by atoms with Gasteiger partial charge in [-0.3, -0.25) is 0 Å². The largest absolute Gasteiger partial charge is 0.454 e. The molecule has 0 aliphatic carbocycles. The lowest BCUT2D eigenvalue weighted by Crippen LogP contribution is -2.12. The topological polar surface area (TPSA) is 45.9 Å². The van der Waals surface area contributed by atoms with Crippen molar-refractivity contribution in [1.29, 1.82) is 0 Å². The van der Waals surface area contributed by atoms with Crippen molar-refractivity contribution in [2.24, 2.45) is 0 Å². The van der Waals surface area contributed by atoms with E-state index in [0.717, 1.165) is 133 Å². The number of fused-ring (bicyclic) bond motifs is 13. The van der Waals surface area contributed by atoms with Gasteiger partial charge in [-0.25, -0.2) is 0 Å². The minimum Gasteiger partial charge on any atom is -0.454 e. The molecule has 298 valence electrons. The Balaban J connectivity index is 1.20. The predicted molar refractivity (Wildman–Crippen MR) is 262 cm³/mol. The van der Waals surface area contributed by atoms with Gasteiger partial charge < -0.3 is 23.1 Å². The first-order valence-corrected chi connectivity index (χ1v) is 21.4. The summed E-state index contributed by atoms with van der Waals surface area (Å²) >= 11 is 0. The number of hydrogen-bond donors (Lipinski definition) is 0. The van der Waals surface area contributed by atoms with Crippen LogP contribution in [0.3, 0.4) is 0 Å². The Labute approximate surface area is 362 Å². The molecule has 13 rings (SSSR count). The first-order chi connectivity index (χ1) is 31.1. The number of aryl methyl sites for hydroxylation is 2. The molecule has 0 bridgehead atoms. The highest BCUT2D eigenvalue weighted by molar-refractivity contribution is 6.32. The Hall–Kier alpha value is -8.28. The summed E-state index contributed by atoms with van der Waals surface area (Å²) in [5, 5.41) is 10.8. The van der Waals surface area contributed by atoms with E-state index in [-0.39, 0.29) is 0 Å². The van der Waals surface area contributed by atoms with Crippen molar-refractivity contribution in [1.82, 2.24) is 0 Å². The van der Waals surface area contributed by atoms with Crippen molar-refractivity contribution in [2.45, 2.75) is 13.8 Å². The fraction of sp³-hybridized carbons (Fsp3) is 0.0345. The maximum atomic E-state index is 7.66. The quantitative estimate of drug-likeness (QED) is 0.167. The molecule has 0 fully saturated rings. The summed E-state index contributed by atoms with van der Waals surface area (Å²) in [6, 6.07) is 68.5. The molecule has 63 heavy (non-hydrogen) atoms. The molecule has 10 aromatic carbocycles. The van der Waals surface area contributed by atoms with Gasteiger partial charge in [0.05, 0.1) is 22.7 Å². The summed E-state index contributed by atoms with van der Waals surface area (Å²) in [6.07, 6.45) is 0. The van der Waals surface area contributed by atoms with Gasteiger partial charge in [-0.1, -0.05) is 146 Å². The molecule has 5 nitrogen and oxygen atoms in total. The highest BCUT2D eigenvalue weighted by atomic mass is 16.3. The zero-order valence-electron chi connectivity index (χ0n) is 34.6. The van der Waals surface area contributed by atoms with E-state index >= 15 is 0 Å². The lowest BCUT2D eigenvalue weighted by Gasteiger charge is -2.27. The van der Waals surface area contributed by atoms with Crippen LogP contribution in [0.1, 0.15) is 11.1 Å². The maximum Gasteiger partial charge on any atom is 0.160 e. The third-order valence-corrected chi connectivity index (χ3v) is 12.9. The van der Waals surface area contributed by atoms with Gasteiger partial charge in [0.25, 0.3) is 0 Å².